The minimum Gasteiger partial charge on any atom is -0.364 e. The first-order valence-electron chi connectivity index (χ1n) is 12.2. The molecule has 34 heavy (non-hydrogen) atoms. The van der Waals surface area contributed by atoms with E-state index < -0.39 is 5.60 Å². The van der Waals surface area contributed by atoms with Gasteiger partial charge in [-0.05, 0) is 85.2 Å². The molecular formula is C30H31F2NO. The van der Waals surface area contributed by atoms with Crippen molar-refractivity contribution in [1.82, 2.24) is 4.90 Å². The Morgan fingerprint density at radius 3 is 2.03 bits per heavy atom. The Kier molecular flexibility index (Phi) is 6.62. The van der Waals surface area contributed by atoms with Crippen LogP contribution in [0.5, 0.6) is 0 Å². The number of rotatable bonds is 8. The molecule has 2 bridgehead atoms. The van der Waals surface area contributed by atoms with Gasteiger partial charge in [-0.1, -0.05) is 60.7 Å². The van der Waals surface area contributed by atoms with Gasteiger partial charge in [-0.25, -0.2) is 8.78 Å². The summed E-state index contributed by atoms with van der Waals surface area (Å²) in [6, 6.07) is 24.5. The Balaban J connectivity index is 1.45. The van der Waals surface area contributed by atoms with Gasteiger partial charge in [0.2, 0.25) is 0 Å². The van der Waals surface area contributed by atoms with Crippen molar-refractivity contribution in [3.05, 3.63) is 119 Å². The molecule has 2 unspecified atom stereocenters. The van der Waals surface area contributed by atoms with E-state index in [4.69, 9.17) is 4.74 Å². The lowest BCUT2D eigenvalue weighted by atomic mass is 9.76. The Hall–Kier alpha value is -2.82. The van der Waals surface area contributed by atoms with Gasteiger partial charge in [-0.15, -0.1) is 0 Å². The van der Waals surface area contributed by atoms with Gasteiger partial charge >= 0.3 is 0 Å². The van der Waals surface area contributed by atoms with Crippen LogP contribution in [0.2, 0.25) is 0 Å². The van der Waals surface area contributed by atoms with Gasteiger partial charge in [0.25, 0.3) is 0 Å². The monoisotopic (exact) mass is 459 g/mol. The lowest BCUT2D eigenvalue weighted by Gasteiger charge is -2.42. The molecule has 3 aromatic carbocycles. The number of nitrogens with zero attached hydrogens (tertiary/aromatic N) is 1. The van der Waals surface area contributed by atoms with Crippen LogP contribution in [0.25, 0.3) is 0 Å². The second-order valence-corrected chi connectivity index (χ2v) is 9.42. The summed E-state index contributed by atoms with van der Waals surface area (Å²) in [5, 5.41) is 0. The Bertz CT molecular complexity index is 1080. The fourth-order valence-corrected chi connectivity index (χ4v) is 5.91. The number of methoxy groups -OCH3 is 1. The number of hydrogen-bond donors (Lipinski definition) is 0. The molecule has 4 heteroatoms. The van der Waals surface area contributed by atoms with Gasteiger partial charge in [0.1, 0.15) is 17.2 Å². The Labute approximate surface area is 200 Å². The zero-order valence-electron chi connectivity index (χ0n) is 19.6. The maximum Gasteiger partial charge on any atom is 0.139 e. The standard InChI is InChI=1S/C30H31F2NO/c1-34-30(23-9-13-26(31)14-10-23,24-11-15-27(32)16-12-24)25-20-28-17-18-29(21-25)33(28)19-5-8-22-6-3-2-4-7-22/h2-4,6-7,9-16,20,28-29H,5,8,17-19,21H2,1H3. The quantitative estimate of drug-likeness (QED) is 0.350. The fourth-order valence-electron chi connectivity index (χ4n) is 5.91. The van der Waals surface area contributed by atoms with Crippen molar-refractivity contribution in [2.45, 2.75) is 49.8 Å². The van der Waals surface area contributed by atoms with Crippen molar-refractivity contribution in [1.29, 1.82) is 0 Å². The van der Waals surface area contributed by atoms with Crippen molar-refractivity contribution < 1.29 is 13.5 Å². The van der Waals surface area contributed by atoms with Gasteiger partial charge in [-0.3, -0.25) is 4.90 Å². The maximum absolute atomic E-state index is 13.8. The molecule has 2 nitrogen and oxygen atoms in total. The van der Waals surface area contributed by atoms with Crippen LogP contribution in [0.1, 0.15) is 42.4 Å². The van der Waals surface area contributed by atoms with Crippen molar-refractivity contribution in [3.63, 3.8) is 0 Å². The van der Waals surface area contributed by atoms with Crippen molar-refractivity contribution in [3.8, 4) is 0 Å². The fraction of sp³-hybridized carbons (Fsp3) is 0.333. The lowest BCUT2D eigenvalue weighted by molar-refractivity contribution is 0.0433. The smallest absolute Gasteiger partial charge is 0.139 e. The summed E-state index contributed by atoms with van der Waals surface area (Å²) in [4.78, 5) is 2.64. The van der Waals surface area contributed by atoms with E-state index in [-0.39, 0.29) is 11.6 Å². The molecule has 0 amide bonds. The van der Waals surface area contributed by atoms with Crippen LogP contribution in [0.15, 0.2) is 90.5 Å². The molecule has 1 fully saturated rings. The summed E-state index contributed by atoms with van der Waals surface area (Å²) in [6.45, 7) is 1.07. The molecule has 1 saturated heterocycles. The van der Waals surface area contributed by atoms with Gasteiger partial charge in [0.15, 0.2) is 0 Å². The third-order valence-corrected chi connectivity index (χ3v) is 7.52. The first-order valence-corrected chi connectivity index (χ1v) is 12.2. The van der Waals surface area contributed by atoms with Crippen molar-refractivity contribution in [2.24, 2.45) is 0 Å². The molecule has 3 aromatic rings. The highest BCUT2D eigenvalue weighted by atomic mass is 19.1. The topological polar surface area (TPSA) is 12.5 Å². The van der Waals surface area contributed by atoms with E-state index in [2.05, 4.69) is 41.3 Å². The predicted octanol–water partition coefficient (Wildman–Crippen LogP) is 6.65. The molecule has 0 radical (unpaired) electrons. The molecular weight excluding hydrogens is 428 g/mol. The molecule has 2 aliphatic heterocycles. The largest absolute Gasteiger partial charge is 0.364 e. The number of fused-ring (bicyclic) bond motifs is 2. The maximum atomic E-state index is 13.8. The minimum atomic E-state index is -0.863. The van der Waals surface area contributed by atoms with Gasteiger partial charge in [0, 0.05) is 19.2 Å². The summed E-state index contributed by atoms with van der Waals surface area (Å²) < 4.78 is 33.9. The van der Waals surface area contributed by atoms with Crippen LogP contribution in [0.4, 0.5) is 8.78 Å². The van der Waals surface area contributed by atoms with E-state index in [1.165, 1.54) is 35.4 Å². The van der Waals surface area contributed by atoms with Crippen LogP contribution >= 0.6 is 0 Å². The van der Waals surface area contributed by atoms with E-state index in [1.54, 1.807) is 31.4 Å². The van der Waals surface area contributed by atoms with Crippen LogP contribution in [0.3, 0.4) is 0 Å². The van der Waals surface area contributed by atoms with Crippen LogP contribution in [-0.4, -0.2) is 30.6 Å². The Morgan fingerprint density at radius 2 is 1.47 bits per heavy atom. The normalized spacial score (nSPS) is 20.4. The molecule has 0 aliphatic carbocycles. The molecule has 0 spiro atoms. The van der Waals surface area contributed by atoms with Crippen molar-refractivity contribution >= 4 is 0 Å². The van der Waals surface area contributed by atoms with E-state index >= 15 is 0 Å². The summed E-state index contributed by atoms with van der Waals surface area (Å²) in [7, 11) is 1.70. The zero-order chi connectivity index (χ0) is 23.5. The summed E-state index contributed by atoms with van der Waals surface area (Å²) in [6.07, 6.45) is 7.74. The van der Waals surface area contributed by atoms with E-state index in [1.807, 2.05) is 0 Å². The van der Waals surface area contributed by atoms with Crippen molar-refractivity contribution in [2.75, 3.05) is 13.7 Å². The van der Waals surface area contributed by atoms with E-state index in [0.29, 0.717) is 12.1 Å². The molecule has 2 atom stereocenters. The lowest BCUT2D eigenvalue weighted by Crippen LogP contribution is -2.44. The number of hydrogen-bond acceptors (Lipinski definition) is 2. The summed E-state index contributed by atoms with van der Waals surface area (Å²) >= 11 is 0. The molecule has 0 aromatic heterocycles. The minimum absolute atomic E-state index is 0.282. The molecule has 176 valence electrons. The zero-order valence-corrected chi connectivity index (χ0v) is 19.6. The molecule has 5 rings (SSSR count). The van der Waals surface area contributed by atoms with Gasteiger partial charge in [-0.2, -0.15) is 0 Å². The third kappa shape index (κ3) is 4.33. The molecule has 2 aliphatic rings. The third-order valence-electron chi connectivity index (χ3n) is 7.52. The average molecular weight is 460 g/mol. The highest BCUT2D eigenvalue weighted by molar-refractivity contribution is 5.47. The molecule has 2 heterocycles. The van der Waals surface area contributed by atoms with Crippen LogP contribution in [0, 0.1) is 11.6 Å². The summed E-state index contributed by atoms with van der Waals surface area (Å²) in [5.74, 6) is -0.565. The van der Waals surface area contributed by atoms with E-state index in [0.717, 1.165) is 49.8 Å². The second-order valence-electron chi connectivity index (χ2n) is 9.42. The molecule has 0 N–H and O–H groups in total. The number of benzene rings is 3. The number of halogens is 2. The van der Waals surface area contributed by atoms with Gasteiger partial charge < -0.3 is 4.74 Å². The molecule has 0 saturated carbocycles. The van der Waals surface area contributed by atoms with Crippen LogP contribution < -0.4 is 0 Å². The van der Waals surface area contributed by atoms with E-state index in [9.17, 15) is 8.78 Å². The highest BCUT2D eigenvalue weighted by Crippen LogP contribution is 2.47. The SMILES string of the molecule is COC(C1=CC2CCC(C1)N2CCCc1ccccc1)(c1ccc(F)cc1)c1ccc(F)cc1. The predicted molar refractivity (Wildman–Crippen MR) is 132 cm³/mol. The Morgan fingerprint density at radius 1 is 0.853 bits per heavy atom. The average Bonchev–Trinajstić information content (AvgIpc) is 3.09. The van der Waals surface area contributed by atoms with Gasteiger partial charge in [0.05, 0.1) is 0 Å². The second kappa shape index (κ2) is 9.81. The number of ether oxygens (including phenoxy) is 1. The highest BCUT2D eigenvalue weighted by Gasteiger charge is 2.45. The summed E-state index contributed by atoms with van der Waals surface area (Å²) in [5.41, 5.74) is 3.43. The number of aryl methyl sites for hydroxylation is 1. The first kappa shape index (κ1) is 22.9. The van der Waals surface area contributed by atoms with Crippen LogP contribution in [-0.2, 0) is 16.8 Å². The first-order chi connectivity index (χ1) is 16.6.